The van der Waals surface area contributed by atoms with Crippen LogP contribution in [0.1, 0.15) is 33.1 Å². The zero-order chi connectivity index (χ0) is 17.7. The molecule has 0 aromatic heterocycles. The van der Waals surface area contributed by atoms with E-state index in [0.717, 1.165) is 25.7 Å². The highest BCUT2D eigenvalue weighted by Gasteiger charge is 2.46. The number of benzene rings is 1. The second kappa shape index (κ2) is 6.34. The van der Waals surface area contributed by atoms with E-state index in [1.165, 1.54) is 19.3 Å². The van der Waals surface area contributed by atoms with Crippen LogP contribution in [0.4, 0.5) is 0 Å². The summed E-state index contributed by atoms with van der Waals surface area (Å²) < 4.78 is 28.0. The summed E-state index contributed by atoms with van der Waals surface area (Å²) in [5.74, 6) is 0. The van der Waals surface area contributed by atoms with Gasteiger partial charge in [-0.05, 0) is 38.8 Å². The predicted molar refractivity (Wildman–Crippen MR) is 99.0 cm³/mol. The summed E-state index contributed by atoms with van der Waals surface area (Å²) in [6.07, 6.45) is 3.96. The molecule has 2 saturated heterocycles. The average Bonchev–Trinajstić information content (AvgIpc) is 2.53. The molecule has 1 aromatic rings. The largest absolute Gasteiger partial charge is 0.298 e. The summed E-state index contributed by atoms with van der Waals surface area (Å²) in [6.45, 7) is 8.70. The van der Waals surface area contributed by atoms with Crippen LogP contribution in [0.5, 0.6) is 0 Å². The second-order valence-electron chi connectivity index (χ2n) is 8.35. The van der Waals surface area contributed by atoms with Crippen molar-refractivity contribution < 1.29 is 8.42 Å². The van der Waals surface area contributed by atoms with Gasteiger partial charge in [0.25, 0.3) is 0 Å². The summed E-state index contributed by atoms with van der Waals surface area (Å²) in [5, 5.41) is 0. The molecule has 0 N–H and O–H groups in total. The minimum Gasteiger partial charge on any atom is -0.298 e. The van der Waals surface area contributed by atoms with E-state index in [4.69, 9.17) is 0 Å². The third-order valence-corrected chi connectivity index (χ3v) is 8.07. The maximum absolute atomic E-state index is 13.1. The highest BCUT2D eigenvalue weighted by Crippen LogP contribution is 2.34. The summed E-state index contributed by atoms with van der Waals surface area (Å²) >= 11 is 0. The van der Waals surface area contributed by atoms with E-state index in [9.17, 15) is 8.42 Å². The van der Waals surface area contributed by atoms with Crippen molar-refractivity contribution in [3.05, 3.63) is 30.3 Å². The SMILES string of the molecule is CC1(C)CN(S(=O)(=O)c2ccccc2)CC2CN(C3CCC3)CCN21. The lowest BCUT2D eigenvalue weighted by Crippen LogP contribution is -2.71. The van der Waals surface area contributed by atoms with Crippen molar-refractivity contribution in [1.29, 1.82) is 0 Å². The monoisotopic (exact) mass is 363 g/mol. The van der Waals surface area contributed by atoms with Crippen LogP contribution >= 0.6 is 0 Å². The van der Waals surface area contributed by atoms with Crippen molar-refractivity contribution >= 4 is 10.0 Å². The molecule has 2 aliphatic heterocycles. The van der Waals surface area contributed by atoms with Crippen LogP contribution in [0.15, 0.2) is 35.2 Å². The zero-order valence-corrected chi connectivity index (χ0v) is 16.1. The van der Waals surface area contributed by atoms with Gasteiger partial charge in [0.2, 0.25) is 10.0 Å². The smallest absolute Gasteiger partial charge is 0.243 e. The molecule has 1 aromatic carbocycles. The standard InChI is InChI=1S/C19H29N3O2S/c1-19(2)15-21(25(23,24)18-9-4-3-5-10-18)14-17-13-20(11-12-22(17)19)16-7-6-8-16/h3-5,9-10,16-17H,6-8,11-15H2,1-2H3. The fourth-order valence-electron chi connectivity index (χ4n) is 4.66. The van der Waals surface area contributed by atoms with E-state index in [0.29, 0.717) is 18.0 Å². The Hall–Kier alpha value is -0.950. The molecule has 1 unspecified atom stereocenters. The second-order valence-corrected chi connectivity index (χ2v) is 10.3. The Balaban J connectivity index is 1.57. The van der Waals surface area contributed by atoms with E-state index >= 15 is 0 Å². The molecule has 2 heterocycles. The van der Waals surface area contributed by atoms with Gasteiger partial charge in [0.1, 0.15) is 0 Å². The lowest BCUT2D eigenvalue weighted by molar-refractivity contribution is -0.0609. The first-order chi connectivity index (χ1) is 11.9. The Kier molecular flexibility index (Phi) is 4.43. The number of piperazine rings is 2. The van der Waals surface area contributed by atoms with Crippen molar-refractivity contribution in [2.45, 2.75) is 55.6 Å². The fraction of sp³-hybridized carbons (Fsp3) is 0.684. The minimum absolute atomic E-state index is 0.129. The molecule has 6 heteroatoms. The first-order valence-corrected chi connectivity index (χ1v) is 10.9. The van der Waals surface area contributed by atoms with Gasteiger partial charge in [-0.25, -0.2) is 8.42 Å². The Morgan fingerprint density at radius 2 is 1.72 bits per heavy atom. The molecule has 0 amide bonds. The average molecular weight is 364 g/mol. The first-order valence-electron chi connectivity index (χ1n) is 9.44. The van der Waals surface area contributed by atoms with Crippen LogP contribution < -0.4 is 0 Å². The molecular formula is C19H29N3O2S. The maximum Gasteiger partial charge on any atom is 0.243 e. The topological polar surface area (TPSA) is 43.9 Å². The molecular weight excluding hydrogens is 334 g/mol. The van der Waals surface area contributed by atoms with E-state index in [1.807, 2.05) is 6.07 Å². The molecule has 3 aliphatic rings. The van der Waals surface area contributed by atoms with Crippen molar-refractivity contribution in [2.75, 3.05) is 32.7 Å². The Labute approximate surface area is 151 Å². The van der Waals surface area contributed by atoms with Gasteiger partial charge in [-0.15, -0.1) is 0 Å². The van der Waals surface area contributed by atoms with E-state index in [1.54, 1.807) is 28.6 Å². The zero-order valence-electron chi connectivity index (χ0n) is 15.3. The lowest BCUT2D eigenvalue weighted by atomic mass is 9.88. The number of hydrogen-bond donors (Lipinski definition) is 0. The number of hydrogen-bond acceptors (Lipinski definition) is 4. The quantitative estimate of drug-likeness (QED) is 0.824. The minimum atomic E-state index is -3.42. The van der Waals surface area contributed by atoms with Gasteiger partial charge in [-0.3, -0.25) is 9.80 Å². The number of sulfonamides is 1. The van der Waals surface area contributed by atoms with Crippen LogP contribution in [0.3, 0.4) is 0 Å². The van der Waals surface area contributed by atoms with Crippen molar-refractivity contribution in [3.8, 4) is 0 Å². The maximum atomic E-state index is 13.1. The third kappa shape index (κ3) is 3.14. The molecule has 5 nitrogen and oxygen atoms in total. The van der Waals surface area contributed by atoms with Gasteiger partial charge in [-0.1, -0.05) is 24.6 Å². The Bertz CT molecular complexity index is 715. The van der Waals surface area contributed by atoms with E-state index in [-0.39, 0.29) is 11.6 Å². The summed E-state index contributed by atoms with van der Waals surface area (Å²) in [6, 6.07) is 9.88. The van der Waals surface area contributed by atoms with Gasteiger partial charge < -0.3 is 0 Å². The molecule has 25 heavy (non-hydrogen) atoms. The third-order valence-electron chi connectivity index (χ3n) is 6.24. The molecule has 3 fully saturated rings. The van der Waals surface area contributed by atoms with Crippen molar-refractivity contribution in [1.82, 2.24) is 14.1 Å². The fourth-order valence-corrected chi connectivity index (χ4v) is 6.32. The summed E-state index contributed by atoms with van der Waals surface area (Å²) in [7, 11) is -3.42. The molecule has 138 valence electrons. The number of fused-ring (bicyclic) bond motifs is 1. The molecule has 1 saturated carbocycles. The molecule has 0 radical (unpaired) electrons. The van der Waals surface area contributed by atoms with Crippen molar-refractivity contribution in [3.63, 3.8) is 0 Å². The van der Waals surface area contributed by atoms with Crippen LogP contribution in [0, 0.1) is 0 Å². The normalized spacial score (nSPS) is 29.1. The van der Waals surface area contributed by atoms with Gasteiger partial charge in [0.05, 0.1) is 4.90 Å². The molecule has 0 bridgehead atoms. The summed E-state index contributed by atoms with van der Waals surface area (Å²) in [5.41, 5.74) is -0.129. The van der Waals surface area contributed by atoms with E-state index < -0.39 is 10.0 Å². The Morgan fingerprint density at radius 1 is 1.00 bits per heavy atom. The van der Waals surface area contributed by atoms with Crippen LogP contribution in [0.2, 0.25) is 0 Å². The van der Waals surface area contributed by atoms with Crippen molar-refractivity contribution in [2.24, 2.45) is 0 Å². The van der Waals surface area contributed by atoms with Crippen LogP contribution in [-0.4, -0.2) is 72.9 Å². The lowest BCUT2D eigenvalue weighted by Gasteiger charge is -2.56. The summed E-state index contributed by atoms with van der Waals surface area (Å²) in [4.78, 5) is 5.55. The predicted octanol–water partition coefficient (Wildman–Crippen LogP) is 2.01. The van der Waals surface area contributed by atoms with E-state index in [2.05, 4.69) is 23.6 Å². The van der Waals surface area contributed by atoms with Gasteiger partial charge in [-0.2, -0.15) is 4.31 Å². The number of nitrogens with zero attached hydrogens (tertiary/aromatic N) is 3. The molecule has 4 rings (SSSR count). The number of rotatable bonds is 3. The van der Waals surface area contributed by atoms with Gasteiger partial charge in [0, 0.05) is 50.3 Å². The highest BCUT2D eigenvalue weighted by molar-refractivity contribution is 7.89. The molecule has 1 atom stereocenters. The molecule has 0 spiro atoms. The van der Waals surface area contributed by atoms with Crippen LogP contribution in [-0.2, 0) is 10.0 Å². The van der Waals surface area contributed by atoms with Gasteiger partial charge >= 0.3 is 0 Å². The highest BCUT2D eigenvalue weighted by atomic mass is 32.2. The molecule has 1 aliphatic carbocycles. The first kappa shape index (κ1) is 17.5. The van der Waals surface area contributed by atoms with Gasteiger partial charge in [0.15, 0.2) is 0 Å². The Morgan fingerprint density at radius 3 is 2.36 bits per heavy atom. The van der Waals surface area contributed by atoms with Crippen LogP contribution in [0.25, 0.3) is 0 Å².